The average molecular weight is 335 g/mol. The number of benzene rings is 1. The number of hydrogen-bond acceptors (Lipinski definition) is 2. The number of carbonyl (C=O) groups is 2. The lowest BCUT2D eigenvalue weighted by Gasteiger charge is -2.32. The molecular formula is C18H23ClN2O2. The molecule has 0 bridgehead atoms. The molecule has 1 aliphatic carbocycles. The Bertz CT molecular complexity index is 575. The van der Waals surface area contributed by atoms with E-state index in [1.165, 1.54) is 0 Å². The number of likely N-dealkylation sites (tertiary alicyclic amines) is 1. The van der Waals surface area contributed by atoms with E-state index in [2.05, 4.69) is 5.32 Å². The van der Waals surface area contributed by atoms with Crippen LogP contribution < -0.4 is 5.32 Å². The van der Waals surface area contributed by atoms with Gasteiger partial charge in [-0.2, -0.15) is 0 Å². The molecule has 1 aliphatic heterocycles. The van der Waals surface area contributed by atoms with Crippen LogP contribution in [-0.2, 0) is 9.59 Å². The highest BCUT2D eigenvalue weighted by atomic mass is 35.5. The molecule has 4 nitrogen and oxygen atoms in total. The van der Waals surface area contributed by atoms with Crippen molar-refractivity contribution in [2.75, 3.05) is 13.1 Å². The predicted octanol–water partition coefficient (Wildman–Crippen LogP) is 3.17. The lowest BCUT2D eigenvalue weighted by molar-refractivity contribution is -0.136. The van der Waals surface area contributed by atoms with Crippen molar-refractivity contribution < 1.29 is 9.59 Å². The molecule has 124 valence electrons. The normalized spacial score (nSPS) is 20.2. The van der Waals surface area contributed by atoms with Gasteiger partial charge in [-0.05, 0) is 50.3 Å². The molecule has 2 aliphatic rings. The SMILES string of the molecule is CC(NC(=O)C1CCN(C(=O)C2CC2)CC1)c1ccc(Cl)cc1. The van der Waals surface area contributed by atoms with Crippen LogP contribution in [0.25, 0.3) is 0 Å². The first-order chi connectivity index (χ1) is 11.0. The van der Waals surface area contributed by atoms with Gasteiger partial charge in [0.05, 0.1) is 6.04 Å². The van der Waals surface area contributed by atoms with Gasteiger partial charge in [0.25, 0.3) is 0 Å². The van der Waals surface area contributed by atoms with Crippen LogP contribution in [-0.4, -0.2) is 29.8 Å². The third kappa shape index (κ3) is 4.05. The van der Waals surface area contributed by atoms with Crippen molar-refractivity contribution in [1.29, 1.82) is 0 Å². The molecule has 1 atom stereocenters. The van der Waals surface area contributed by atoms with E-state index < -0.39 is 0 Å². The van der Waals surface area contributed by atoms with E-state index in [0.29, 0.717) is 24.0 Å². The fraction of sp³-hybridized carbons (Fsp3) is 0.556. The molecule has 23 heavy (non-hydrogen) atoms. The highest BCUT2D eigenvalue weighted by molar-refractivity contribution is 6.30. The number of piperidine rings is 1. The van der Waals surface area contributed by atoms with E-state index in [1.54, 1.807) is 0 Å². The topological polar surface area (TPSA) is 49.4 Å². The van der Waals surface area contributed by atoms with Gasteiger partial charge < -0.3 is 10.2 Å². The number of nitrogens with one attached hydrogen (secondary N) is 1. The summed E-state index contributed by atoms with van der Waals surface area (Å²) >= 11 is 5.89. The van der Waals surface area contributed by atoms with Gasteiger partial charge in [-0.1, -0.05) is 23.7 Å². The van der Waals surface area contributed by atoms with Crippen LogP contribution in [0, 0.1) is 11.8 Å². The largest absolute Gasteiger partial charge is 0.349 e. The molecule has 1 saturated heterocycles. The zero-order valence-corrected chi connectivity index (χ0v) is 14.2. The molecule has 1 heterocycles. The summed E-state index contributed by atoms with van der Waals surface area (Å²) in [7, 11) is 0. The average Bonchev–Trinajstić information content (AvgIpc) is 3.40. The second-order valence-corrected chi connectivity index (χ2v) is 7.09. The van der Waals surface area contributed by atoms with Crippen molar-refractivity contribution in [2.45, 2.75) is 38.6 Å². The smallest absolute Gasteiger partial charge is 0.225 e. The van der Waals surface area contributed by atoms with Gasteiger partial charge in [0.1, 0.15) is 0 Å². The Hall–Kier alpha value is -1.55. The molecule has 1 aromatic carbocycles. The number of nitrogens with zero attached hydrogens (tertiary/aromatic N) is 1. The molecule has 0 aromatic heterocycles. The molecule has 1 N–H and O–H groups in total. The first kappa shape index (κ1) is 16.3. The van der Waals surface area contributed by atoms with Crippen LogP contribution in [0.1, 0.15) is 44.2 Å². The zero-order chi connectivity index (χ0) is 16.4. The Morgan fingerprint density at radius 1 is 1.09 bits per heavy atom. The van der Waals surface area contributed by atoms with E-state index in [0.717, 1.165) is 31.2 Å². The van der Waals surface area contributed by atoms with Gasteiger partial charge in [0.2, 0.25) is 11.8 Å². The second-order valence-electron chi connectivity index (χ2n) is 6.66. The van der Waals surface area contributed by atoms with Crippen molar-refractivity contribution in [3.8, 4) is 0 Å². The predicted molar refractivity (Wildman–Crippen MR) is 90.0 cm³/mol. The number of rotatable bonds is 4. The lowest BCUT2D eigenvalue weighted by Crippen LogP contribution is -2.43. The minimum atomic E-state index is -0.0362. The van der Waals surface area contributed by atoms with Crippen LogP contribution in [0.3, 0.4) is 0 Å². The van der Waals surface area contributed by atoms with Crippen LogP contribution in [0.5, 0.6) is 0 Å². The maximum atomic E-state index is 12.4. The molecule has 0 spiro atoms. The second kappa shape index (κ2) is 6.91. The van der Waals surface area contributed by atoms with Crippen LogP contribution in [0.15, 0.2) is 24.3 Å². The molecule has 1 saturated carbocycles. The van der Waals surface area contributed by atoms with Gasteiger partial charge in [-0.15, -0.1) is 0 Å². The monoisotopic (exact) mass is 334 g/mol. The Balaban J connectivity index is 1.49. The van der Waals surface area contributed by atoms with Gasteiger partial charge in [-0.25, -0.2) is 0 Å². The maximum absolute atomic E-state index is 12.4. The molecule has 0 radical (unpaired) electrons. The van der Waals surface area contributed by atoms with E-state index in [-0.39, 0.29) is 23.8 Å². The summed E-state index contributed by atoms with van der Waals surface area (Å²) in [5.41, 5.74) is 1.05. The van der Waals surface area contributed by atoms with Crippen molar-refractivity contribution in [1.82, 2.24) is 10.2 Å². The van der Waals surface area contributed by atoms with Crippen LogP contribution >= 0.6 is 11.6 Å². The van der Waals surface area contributed by atoms with E-state index in [4.69, 9.17) is 11.6 Å². The summed E-state index contributed by atoms with van der Waals surface area (Å²) in [5, 5.41) is 3.77. The van der Waals surface area contributed by atoms with Gasteiger partial charge in [0.15, 0.2) is 0 Å². The molecule has 2 fully saturated rings. The van der Waals surface area contributed by atoms with Gasteiger partial charge in [0, 0.05) is 29.9 Å². The maximum Gasteiger partial charge on any atom is 0.225 e. The summed E-state index contributed by atoms with van der Waals surface area (Å²) in [6.07, 6.45) is 3.60. The summed E-state index contributed by atoms with van der Waals surface area (Å²) in [6, 6.07) is 7.50. The zero-order valence-electron chi connectivity index (χ0n) is 13.4. The van der Waals surface area contributed by atoms with Crippen molar-refractivity contribution in [3.63, 3.8) is 0 Å². The van der Waals surface area contributed by atoms with E-state index in [1.807, 2.05) is 36.1 Å². The van der Waals surface area contributed by atoms with Crippen molar-refractivity contribution in [3.05, 3.63) is 34.9 Å². The Morgan fingerprint density at radius 3 is 2.26 bits per heavy atom. The Morgan fingerprint density at radius 2 is 1.70 bits per heavy atom. The summed E-state index contributed by atoms with van der Waals surface area (Å²) in [4.78, 5) is 26.4. The molecule has 1 aromatic rings. The first-order valence-electron chi connectivity index (χ1n) is 8.39. The van der Waals surface area contributed by atoms with Gasteiger partial charge >= 0.3 is 0 Å². The lowest BCUT2D eigenvalue weighted by atomic mass is 9.95. The molecule has 2 amide bonds. The molecule has 1 unspecified atom stereocenters. The molecular weight excluding hydrogens is 312 g/mol. The number of carbonyl (C=O) groups excluding carboxylic acids is 2. The third-order valence-corrected chi connectivity index (χ3v) is 5.08. The summed E-state index contributed by atoms with van der Waals surface area (Å²) in [5.74, 6) is 0.655. The van der Waals surface area contributed by atoms with Crippen LogP contribution in [0.4, 0.5) is 0 Å². The number of amides is 2. The highest BCUT2D eigenvalue weighted by Crippen LogP contribution is 2.32. The summed E-state index contributed by atoms with van der Waals surface area (Å²) < 4.78 is 0. The minimum absolute atomic E-state index is 0.00741. The number of hydrogen-bond donors (Lipinski definition) is 1. The quantitative estimate of drug-likeness (QED) is 0.919. The van der Waals surface area contributed by atoms with Crippen molar-refractivity contribution in [2.24, 2.45) is 11.8 Å². The standard InChI is InChI=1S/C18H23ClN2O2/c1-12(13-4-6-16(19)7-5-13)20-17(22)14-8-10-21(11-9-14)18(23)15-2-3-15/h4-7,12,14-15H,2-3,8-11H2,1H3,(H,20,22). The minimum Gasteiger partial charge on any atom is -0.349 e. The highest BCUT2D eigenvalue weighted by Gasteiger charge is 2.36. The Labute approximate surface area is 142 Å². The number of halogens is 1. The molecule has 5 heteroatoms. The fourth-order valence-corrected chi connectivity index (χ4v) is 3.24. The Kier molecular flexibility index (Phi) is 4.90. The van der Waals surface area contributed by atoms with Crippen molar-refractivity contribution >= 4 is 23.4 Å². The first-order valence-corrected chi connectivity index (χ1v) is 8.77. The molecule has 3 rings (SSSR count). The third-order valence-electron chi connectivity index (χ3n) is 4.83. The fourth-order valence-electron chi connectivity index (χ4n) is 3.12. The van der Waals surface area contributed by atoms with E-state index in [9.17, 15) is 9.59 Å². The van der Waals surface area contributed by atoms with Crippen LogP contribution in [0.2, 0.25) is 5.02 Å². The van der Waals surface area contributed by atoms with Gasteiger partial charge in [-0.3, -0.25) is 9.59 Å². The van der Waals surface area contributed by atoms with E-state index >= 15 is 0 Å². The summed E-state index contributed by atoms with van der Waals surface area (Å²) in [6.45, 7) is 3.40.